The molecule has 1 aromatic carbocycles. The van der Waals surface area contributed by atoms with Gasteiger partial charge >= 0.3 is 6.09 Å². The number of hydrogen-bond donors (Lipinski definition) is 1. The number of nitrogens with zero attached hydrogens (tertiary/aromatic N) is 1. The Morgan fingerprint density at radius 2 is 2.09 bits per heavy atom. The maximum absolute atomic E-state index is 10.9. The van der Waals surface area contributed by atoms with E-state index < -0.39 is 0 Å². The number of hydrogen-bond acceptors (Lipinski definition) is 4. The normalized spacial score (nSPS) is 16.3. The SMILES string of the molecule is CCCN1CC(CO)OC1=O.COc1ccc(Cl)c(Cl)c1.[Th]. The van der Waals surface area contributed by atoms with Crippen LogP contribution in [0.2, 0.25) is 10.0 Å². The van der Waals surface area contributed by atoms with Crippen molar-refractivity contribution in [2.45, 2.75) is 19.4 Å². The van der Waals surface area contributed by atoms with Crippen LogP contribution in [-0.2, 0) is 4.74 Å². The van der Waals surface area contributed by atoms with E-state index >= 15 is 0 Å². The third-order valence-electron chi connectivity index (χ3n) is 2.77. The predicted octanol–water partition coefficient (Wildman–Crippen LogP) is 3.21. The average molecular weight is 568 g/mol. The van der Waals surface area contributed by atoms with Crippen molar-refractivity contribution >= 4 is 29.3 Å². The molecule has 2 rings (SSSR count). The van der Waals surface area contributed by atoms with E-state index in [1.165, 1.54) is 0 Å². The fourth-order valence-corrected chi connectivity index (χ4v) is 2.01. The summed E-state index contributed by atoms with van der Waals surface area (Å²) in [6, 6.07) is 5.13. The van der Waals surface area contributed by atoms with Crippen molar-refractivity contribution in [2.24, 2.45) is 0 Å². The minimum Gasteiger partial charge on any atom is -0.497 e. The molecule has 1 amide bonds. The molecule has 122 valence electrons. The van der Waals surface area contributed by atoms with E-state index in [0.717, 1.165) is 18.7 Å². The topological polar surface area (TPSA) is 59.0 Å². The molecule has 0 spiro atoms. The van der Waals surface area contributed by atoms with Gasteiger partial charge in [-0.2, -0.15) is 0 Å². The maximum Gasteiger partial charge on any atom is 0.410 e. The van der Waals surface area contributed by atoms with E-state index in [0.29, 0.717) is 16.6 Å². The molecule has 1 atom stereocenters. The summed E-state index contributed by atoms with van der Waals surface area (Å²) in [5.74, 6) is 0.717. The summed E-state index contributed by atoms with van der Waals surface area (Å²) in [5.41, 5.74) is 0. The van der Waals surface area contributed by atoms with Crippen LogP contribution in [0.4, 0.5) is 4.79 Å². The van der Waals surface area contributed by atoms with Crippen LogP contribution in [0.25, 0.3) is 0 Å². The van der Waals surface area contributed by atoms with Crippen molar-refractivity contribution < 1.29 is 59.3 Å². The smallest absolute Gasteiger partial charge is 0.410 e. The predicted molar refractivity (Wildman–Crippen MR) is 82.2 cm³/mol. The summed E-state index contributed by atoms with van der Waals surface area (Å²) >= 11 is 11.3. The molecule has 1 aliphatic rings. The number of aliphatic hydroxyl groups excluding tert-OH is 1. The molecule has 1 saturated heterocycles. The average Bonchev–Trinajstić information content (AvgIpc) is 2.84. The van der Waals surface area contributed by atoms with Crippen LogP contribution in [-0.4, -0.2) is 49.0 Å². The van der Waals surface area contributed by atoms with Gasteiger partial charge in [-0.05, 0) is 18.6 Å². The van der Waals surface area contributed by atoms with Crippen molar-refractivity contribution in [2.75, 3.05) is 26.8 Å². The van der Waals surface area contributed by atoms with Gasteiger partial charge in [-0.25, -0.2) is 4.79 Å². The molecule has 8 heteroatoms. The number of benzene rings is 1. The molecule has 22 heavy (non-hydrogen) atoms. The summed E-state index contributed by atoms with van der Waals surface area (Å²) in [7, 11) is 1.58. The summed E-state index contributed by atoms with van der Waals surface area (Å²) in [6.45, 7) is 3.17. The van der Waals surface area contributed by atoms with Crippen LogP contribution in [0.3, 0.4) is 0 Å². The van der Waals surface area contributed by atoms with Gasteiger partial charge in [0.2, 0.25) is 0 Å². The number of halogens is 2. The van der Waals surface area contributed by atoms with Gasteiger partial charge in [0, 0.05) is 52.6 Å². The van der Waals surface area contributed by atoms with E-state index in [1.54, 1.807) is 30.2 Å². The minimum absolute atomic E-state index is 0. The van der Waals surface area contributed by atoms with Crippen molar-refractivity contribution in [1.82, 2.24) is 4.90 Å². The van der Waals surface area contributed by atoms with Crippen LogP contribution >= 0.6 is 23.2 Å². The Bertz CT molecular complexity index is 476. The molecule has 0 aliphatic carbocycles. The third kappa shape index (κ3) is 7.15. The minimum atomic E-state index is -0.311. The van der Waals surface area contributed by atoms with E-state index in [2.05, 4.69) is 0 Å². The van der Waals surface area contributed by atoms with Crippen molar-refractivity contribution in [3.63, 3.8) is 0 Å². The van der Waals surface area contributed by atoms with Gasteiger partial charge in [0.1, 0.15) is 11.9 Å². The van der Waals surface area contributed by atoms with Crippen molar-refractivity contribution in [1.29, 1.82) is 0 Å². The first-order chi connectivity index (χ1) is 10.0. The Labute approximate surface area is 172 Å². The Hall–Kier alpha value is 0.155. The summed E-state index contributed by atoms with van der Waals surface area (Å²) in [6.07, 6.45) is 0.313. The van der Waals surface area contributed by atoms with Gasteiger partial charge in [-0.15, -0.1) is 0 Å². The molecular weight excluding hydrogens is 549 g/mol. The number of cyclic esters (lactones) is 1. The van der Waals surface area contributed by atoms with E-state index in [-0.39, 0.29) is 58.7 Å². The number of amides is 1. The van der Waals surface area contributed by atoms with E-state index in [9.17, 15) is 4.79 Å². The Balaban J connectivity index is 0.000000385. The largest absolute Gasteiger partial charge is 0.497 e. The van der Waals surface area contributed by atoms with Crippen molar-refractivity contribution in [3.05, 3.63) is 28.2 Å². The first kappa shape index (κ1) is 22.2. The molecule has 0 aromatic heterocycles. The second-order valence-corrected chi connectivity index (χ2v) is 5.23. The summed E-state index contributed by atoms with van der Waals surface area (Å²) in [5, 5.41) is 9.72. The second kappa shape index (κ2) is 11.7. The second-order valence-electron chi connectivity index (χ2n) is 4.41. The zero-order valence-corrected chi connectivity index (χ0v) is 18.1. The van der Waals surface area contributed by atoms with Crippen LogP contribution in [0.1, 0.15) is 13.3 Å². The number of ether oxygens (including phenoxy) is 2. The summed E-state index contributed by atoms with van der Waals surface area (Å²) in [4.78, 5) is 12.5. The standard InChI is InChI=1S/C7H6Cl2O.C7H13NO3.Th/c1-10-5-2-3-6(8)7(9)4-5;1-2-3-8-4-6(5-9)11-7(8)10;/h2-4H,1H3;6,9H,2-5H2,1H3;. The molecule has 1 fully saturated rings. The molecule has 0 saturated carbocycles. The number of carbonyl (C=O) groups excluding carboxylic acids is 1. The third-order valence-corrected chi connectivity index (χ3v) is 3.51. The number of rotatable bonds is 4. The van der Waals surface area contributed by atoms with Gasteiger partial charge in [-0.3, -0.25) is 0 Å². The van der Waals surface area contributed by atoms with Gasteiger partial charge in [0.25, 0.3) is 0 Å². The van der Waals surface area contributed by atoms with Crippen molar-refractivity contribution in [3.8, 4) is 5.75 Å². The fourth-order valence-electron chi connectivity index (χ4n) is 1.73. The van der Waals surface area contributed by atoms with Gasteiger partial charge in [0.15, 0.2) is 0 Å². The van der Waals surface area contributed by atoms with Crippen LogP contribution in [0.5, 0.6) is 5.75 Å². The fraction of sp³-hybridized carbons (Fsp3) is 0.500. The molecule has 1 aliphatic heterocycles. The number of carbonyl (C=O) groups is 1. The Kier molecular flexibility index (Phi) is 11.7. The molecule has 0 radical (unpaired) electrons. The van der Waals surface area contributed by atoms with Crippen LogP contribution in [0, 0.1) is 39.9 Å². The quantitative estimate of drug-likeness (QED) is 0.607. The molecule has 1 heterocycles. The monoisotopic (exact) mass is 567 g/mol. The molecule has 1 unspecified atom stereocenters. The van der Waals surface area contributed by atoms with Crippen LogP contribution < -0.4 is 4.74 Å². The first-order valence-corrected chi connectivity index (χ1v) is 7.32. The molecule has 5 nitrogen and oxygen atoms in total. The van der Waals surface area contributed by atoms with Gasteiger partial charge < -0.3 is 19.5 Å². The Morgan fingerprint density at radius 1 is 1.41 bits per heavy atom. The number of methoxy groups -OCH3 is 1. The van der Waals surface area contributed by atoms with Gasteiger partial charge in [-0.1, -0.05) is 30.1 Å². The first-order valence-electron chi connectivity index (χ1n) is 6.57. The molecule has 0 bridgehead atoms. The zero-order valence-electron chi connectivity index (χ0n) is 12.5. The van der Waals surface area contributed by atoms with Crippen LogP contribution in [0.15, 0.2) is 18.2 Å². The Morgan fingerprint density at radius 3 is 2.55 bits per heavy atom. The summed E-state index contributed by atoms with van der Waals surface area (Å²) < 4.78 is 9.72. The van der Waals surface area contributed by atoms with Gasteiger partial charge in [0.05, 0.1) is 30.3 Å². The number of aliphatic hydroxyl groups is 1. The maximum atomic E-state index is 10.9. The molecular formula is C14H19Cl2NO4Th. The molecule has 1 N–H and O–H groups in total. The zero-order chi connectivity index (χ0) is 15.8. The van der Waals surface area contributed by atoms with E-state index in [1.807, 2.05) is 6.92 Å². The molecule has 1 aromatic rings. The van der Waals surface area contributed by atoms with E-state index in [4.69, 9.17) is 37.8 Å².